The van der Waals surface area contributed by atoms with Gasteiger partial charge in [-0.3, -0.25) is 14.9 Å². The Hall–Kier alpha value is -2.16. The quantitative estimate of drug-likeness (QED) is 0.327. The number of nitro groups is 1. The van der Waals surface area contributed by atoms with Gasteiger partial charge in [0.25, 0.3) is 5.69 Å². The molecule has 0 unspecified atom stereocenters. The Kier molecular flexibility index (Phi) is 8.23. The molecule has 1 aliphatic heterocycles. The fourth-order valence-corrected chi connectivity index (χ4v) is 5.46. The van der Waals surface area contributed by atoms with Gasteiger partial charge in [-0.05, 0) is 42.7 Å². The van der Waals surface area contributed by atoms with Gasteiger partial charge in [0.05, 0.1) is 30.0 Å². The normalized spacial score (nSPS) is 17.5. The molecule has 0 spiro atoms. The van der Waals surface area contributed by atoms with E-state index in [1.165, 1.54) is 7.11 Å². The van der Waals surface area contributed by atoms with Gasteiger partial charge in [0.2, 0.25) is 0 Å². The molecule has 0 aliphatic carbocycles. The van der Waals surface area contributed by atoms with Crippen LogP contribution in [0.15, 0.2) is 18.2 Å². The number of methoxy groups -OCH3 is 1. The van der Waals surface area contributed by atoms with Crippen LogP contribution in [0.2, 0.25) is 0 Å². The van der Waals surface area contributed by atoms with Gasteiger partial charge in [-0.15, -0.1) is 0 Å². The minimum Gasteiger partial charge on any atom is -0.469 e. The first-order valence-electron chi connectivity index (χ1n) is 10.4. The Morgan fingerprint density at radius 1 is 1.30 bits per heavy atom. The van der Waals surface area contributed by atoms with Gasteiger partial charge in [-0.25, -0.2) is 8.42 Å². The number of esters is 1. The van der Waals surface area contributed by atoms with Gasteiger partial charge in [0, 0.05) is 18.7 Å². The number of hydrogen-bond donors (Lipinski definition) is 0. The lowest BCUT2D eigenvalue weighted by molar-refractivity contribution is -0.384. The Morgan fingerprint density at radius 3 is 2.43 bits per heavy atom. The molecule has 0 bridgehead atoms. The first-order valence-corrected chi connectivity index (χ1v) is 12.2. The topological polar surface area (TPSA) is 107 Å². The Bertz CT molecular complexity index is 854. The van der Waals surface area contributed by atoms with Crippen LogP contribution in [-0.2, 0) is 19.4 Å². The molecule has 0 radical (unpaired) electrons. The summed E-state index contributed by atoms with van der Waals surface area (Å²) >= 11 is 0. The molecular weight excluding hydrogens is 408 g/mol. The third kappa shape index (κ3) is 6.17. The van der Waals surface area contributed by atoms with E-state index in [1.54, 1.807) is 12.1 Å². The van der Waals surface area contributed by atoms with Gasteiger partial charge in [-0.2, -0.15) is 0 Å². The molecule has 2 rings (SSSR count). The average Bonchev–Trinajstić information content (AvgIpc) is 2.69. The summed E-state index contributed by atoms with van der Waals surface area (Å²) in [5, 5.41) is 11.9. The fourth-order valence-electron chi connectivity index (χ4n) is 3.99. The van der Waals surface area contributed by atoms with E-state index in [0.717, 1.165) is 5.56 Å². The molecule has 168 valence electrons. The molecule has 1 heterocycles. The summed E-state index contributed by atoms with van der Waals surface area (Å²) in [5.74, 6) is -0.0443. The van der Waals surface area contributed by atoms with Gasteiger partial charge < -0.3 is 9.64 Å². The maximum atomic E-state index is 11.9. The second-order valence-corrected chi connectivity index (χ2v) is 10.6. The summed E-state index contributed by atoms with van der Waals surface area (Å²) in [5.41, 5.74) is 1.23. The monoisotopic (exact) mass is 440 g/mol. The molecule has 1 aromatic carbocycles. The van der Waals surface area contributed by atoms with Gasteiger partial charge in [-0.1, -0.05) is 26.8 Å². The zero-order valence-electron chi connectivity index (χ0n) is 18.2. The van der Waals surface area contributed by atoms with E-state index in [-0.39, 0.29) is 47.5 Å². The minimum atomic E-state index is -3.03. The zero-order valence-corrected chi connectivity index (χ0v) is 19.0. The largest absolute Gasteiger partial charge is 0.469 e. The maximum Gasteiger partial charge on any atom is 0.306 e. The van der Waals surface area contributed by atoms with E-state index in [0.29, 0.717) is 31.5 Å². The second kappa shape index (κ2) is 10.2. The van der Waals surface area contributed by atoms with Crippen LogP contribution in [0.25, 0.3) is 0 Å². The van der Waals surface area contributed by atoms with Crippen LogP contribution in [0, 0.1) is 16.0 Å². The number of hydrogen-bond acceptors (Lipinski definition) is 7. The zero-order chi connectivity index (χ0) is 22.5. The number of carbonyl (C=O) groups excluding carboxylic acids is 1. The third-order valence-electron chi connectivity index (χ3n) is 5.64. The summed E-state index contributed by atoms with van der Waals surface area (Å²) in [4.78, 5) is 25.3. The van der Waals surface area contributed by atoms with Crippen LogP contribution in [0.3, 0.4) is 0 Å². The van der Waals surface area contributed by atoms with Crippen molar-refractivity contribution in [3.8, 4) is 0 Å². The lowest BCUT2D eigenvalue weighted by Crippen LogP contribution is -2.43. The number of rotatable bonds is 9. The number of nitrogens with zero attached hydrogens (tertiary/aromatic N) is 2. The summed E-state index contributed by atoms with van der Waals surface area (Å²) in [6, 6.07) is 5.09. The highest BCUT2D eigenvalue weighted by atomic mass is 32.2. The Balaban J connectivity index is 2.42. The second-order valence-electron chi connectivity index (χ2n) is 8.32. The van der Waals surface area contributed by atoms with Crippen molar-refractivity contribution in [2.45, 2.75) is 58.4 Å². The minimum absolute atomic E-state index is 0.00936. The van der Waals surface area contributed by atoms with E-state index in [2.05, 4.69) is 0 Å². The van der Waals surface area contributed by atoms with Gasteiger partial charge >= 0.3 is 5.97 Å². The highest BCUT2D eigenvalue weighted by Gasteiger charge is 2.32. The summed E-state index contributed by atoms with van der Waals surface area (Å²) in [6.45, 7) is 6.61. The van der Waals surface area contributed by atoms with E-state index >= 15 is 0 Å². The van der Waals surface area contributed by atoms with E-state index < -0.39 is 14.8 Å². The summed E-state index contributed by atoms with van der Waals surface area (Å²) < 4.78 is 28.5. The Labute approximate surface area is 178 Å². The van der Waals surface area contributed by atoms with Gasteiger partial charge in [0.15, 0.2) is 0 Å². The highest BCUT2D eigenvalue weighted by molar-refractivity contribution is 7.91. The molecule has 0 saturated carbocycles. The lowest BCUT2D eigenvalue weighted by atomic mass is 9.92. The van der Waals surface area contributed by atoms with Crippen molar-refractivity contribution in [3.05, 3.63) is 33.9 Å². The maximum absolute atomic E-state index is 11.9. The molecule has 1 aromatic rings. The molecule has 1 aliphatic rings. The van der Waals surface area contributed by atoms with Crippen molar-refractivity contribution in [1.29, 1.82) is 0 Å². The third-order valence-corrected chi connectivity index (χ3v) is 7.35. The average molecular weight is 441 g/mol. The van der Waals surface area contributed by atoms with Crippen molar-refractivity contribution >= 4 is 27.2 Å². The molecular formula is C21H32N2O6S. The highest BCUT2D eigenvalue weighted by Crippen LogP contribution is 2.37. The van der Waals surface area contributed by atoms with E-state index in [1.807, 2.05) is 31.7 Å². The molecule has 1 fully saturated rings. The molecule has 0 amide bonds. The standard InChI is InChI=1S/C21H32N2O6S/c1-5-16(13-21(24)29-4)17-6-7-19(20(12-17)23(25)26)22(14-15(2)3)18-8-10-30(27,28)11-9-18/h6-7,12,15-16,18H,5,8-11,13-14H2,1-4H3/t16-/m0/s1. The van der Waals surface area contributed by atoms with Crippen LogP contribution < -0.4 is 4.90 Å². The van der Waals surface area contributed by atoms with E-state index in [9.17, 15) is 23.3 Å². The van der Waals surface area contributed by atoms with Crippen LogP contribution in [0.5, 0.6) is 0 Å². The molecule has 1 saturated heterocycles. The number of benzene rings is 1. The lowest BCUT2D eigenvalue weighted by Gasteiger charge is -2.37. The molecule has 1 atom stereocenters. The first kappa shape index (κ1) is 24.1. The molecule has 0 N–H and O–H groups in total. The summed E-state index contributed by atoms with van der Waals surface area (Å²) in [6.07, 6.45) is 1.75. The molecule has 9 heteroatoms. The number of sulfone groups is 1. The van der Waals surface area contributed by atoms with Gasteiger partial charge in [0.1, 0.15) is 15.5 Å². The molecule has 8 nitrogen and oxygen atoms in total. The molecule has 0 aromatic heterocycles. The van der Waals surface area contributed by atoms with Crippen molar-refractivity contribution in [1.82, 2.24) is 0 Å². The smallest absolute Gasteiger partial charge is 0.306 e. The van der Waals surface area contributed by atoms with Crippen molar-refractivity contribution in [2.75, 3.05) is 30.1 Å². The van der Waals surface area contributed by atoms with Crippen molar-refractivity contribution < 1.29 is 22.9 Å². The number of nitro benzene ring substituents is 1. The number of anilines is 1. The predicted octanol–water partition coefficient (Wildman–Crippen LogP) is 3.69. The van der Waals surface area contributed by atoms with Crippen LogP contribution in [0.4, 0.5) is 11.4 Å². The summed E-state index contributed by atoms with van der Waals surface area (Å²) in [7, 11) is -1.70. The van der Waals surface area contributed by atoms with Crippen molar-refractivity contribution in [3.63, 3.8) is 0 Å². The fraction of sp³-hybridized carbons (Fsp3) is 0.667. The van der Waals surface area contributed by atoms with E-state index in [4.69, 9.17) is 4.74 Å². The first-order chi connectivity index (χ1) is 14.1. The predicted molar refractivity (Wildman–Crippen MR) is 117 cm³/mol. The van der Waals surface area contributed by atoms with Crippen LogP contribution in [0.1, 0.15) is 57.9 Å². The van der Waals surface area contributed by atoms with Crippen LogP contribution >= 0.6 is 0 Å². The number of ether oxygens (including phenoxy) is 1. The van der Waals surface area contributed by atoms with Crippen LogP contribution in [-0.4, -0.2) is 50.5 Å². The Morgan fingerprint density at radius 2 is 1.93 bits per heavy atom. The number of carbonyl (C=O) groups is 1. The van der Waals surface area contributed by atoms with Crippen molar-refractivity contribution in [2.24, 2.45) is 5.92 Å². The molecule has 30 heavy (non-hydrogen) atoms. The SMILES string of the molecule is CC[C@@H](CC(=O)OC)c1ccc(N(CC(C)C)C2CCS(=O)(=O)CC2)c([N+](=O)[O-])c1.